The fraction of sp³-hybridized carbons (Fsp3) is 0.556. The van der Waals surface area contributed by atoms with Gasteiger partial charge in [0.1, 0.15) is 6.54 Å². The lowest BCUT2D eigenvalue weighted by Gasteiger charge is -2.17. The number of amides is 4. The van der Waals surface area contributed by atoms with Crippen molar-refractivity contribution in [3.63, 3.8) is 0 Å². The SMILES string of the molecule is CN(C)c1ccc2cc3ccc(N(C)C)cc3[n+](CCCC(=O)NCCCCCNC(=O)CCCCC3SCC4NC(=O)NC43)c2c1.[O-][Cl+3]([O-])([O-])[O-]. The molecule has 1 aromatic heterocycles. The van der Waals surface area contributed by atoms with E-state index in [2.05, 4.69) is 106 Å². The molecule has 4 amide bonds. The number of benzene rings is 2. The maximum absolute atomic E-state index is 12.7. The van der Waals surface area contributed by atoms with Gasteiger partial charge in [0.15, 0.2) is 0 Å². The third-order valence-electron chi connectivity index (χ3n) is 9.32. The van der Waals surface area contributed by atoms with Crippen molar-refractivity contribution in [1.82, 2.24) is 21.3 Å². The summed E-state index contributed by atoms with van der Waals surface area (Å²) in [6, 6.07) is 15.8. The van der Waals surface area contributed by atoms with Gasteiger partial charge >= 0.3 is 6.03 Å². The normalized spacial score (nSPS) is 17.9. The first-order valence-corrected chi connectivity index (χ1v) is 20.1. The van der Waals surface area contributed by atoms with E-state index < -0.39 is 10.2 Å². The van der Waals surface area contributed by atoms with E-state index in [9.17, 15) is 14.4 Å². The maximum Gasteiger partial charge on any atom is 0.315 e. The molecule has 14 nitrogen and oxygen atoms in total. The first-order valence-electron chi connectivity index (χ1n) is 17.8. The van der Waals surface area contributed by atoms with Gasteiger partial charge in [-0.15, -0.1) is 10.2 Å². The number of carbonyl (C=O) groups is 3. The predicted octanol–water partition coefficient (Wildman–Crippen LogP) is -0.435. The van der Waals surface area contributed by atoms with Crippen molar-refractivity contribution in [2.24, 2.45) is 0 Å². The van der Waals surface area contributed by atoms with Crippen LogP contribution in [0.3, 0.4) is 0 Å². The number of aryl methyl sites for hydroxylation is 1. The molecule has 2 aliphatic heterocycles. The van der Waals surface area contributed by atoms with E-state index in [1.807, 2.05) is 11.8 Å². The van der Waals surface area contributed by atoms with Gasteiger partial charge in [-0.05, 0) is 62.4 Å². The zero-order valence-electron chi connectivity index (χ0n) is 30.5. The monoisotopic (exact) mass is 761 g/mol. The minimum atomic E-state index is -4.94. The number of thioether (sulfide) groups is 1. The number of halogens is 1. The fourth-order valence-corrected chi connectivity index (χ4v) is 8.14. The number of hydrogen-bond acceptors (Lipinski definition) is 10. The van der Waals surface area contributed by atoms with Gasteiger partial charge in [-0.3, -0.25) is 9.59 Å². The molecule has 3 atom stereocenters. The number of nitrogens with one attached hydrogen (secondary N) is 4. The molecule has 3 unspecified atom stereocenters. The molecule has 2 aliphatic rings. The second-order valence-corrected chi connectivity index (χ2v) is 15.7. The molecule has 0 saturated carbocycles. The van der Waals surface area contributed by atoms with Crippen LogP contribution in [0.2, 0.25) is 0 Å². The highest BCUT2D eigenvalue weighted by atomic mass is 35.7. The van der Waals surface area contributed by atoms with Crippen LogP contribution in [0.25, 0.3) is 21.8 Å². The summed E-state index contributed by atoms with van der Waals surface area (Å²) in [7, 11) is 3.29. The lowest BCUT2D eigenvalue weighted by atomic mass is 10.0. The second-order valence-electron chi connectivity index (χ2n) is 13.7. The molecule has 2 fully saturated rings. The average molecular weight is 762 g/mol. The van der Waals surface area contributed by atoms with Gasteiger partial charge < -0.3 is 31.1 Å². The summed E-state index contributed by atoms with van der Waals surface area (Å²) in [6.45, 7) is 2.09. The van der Waals surface area contributed by atoms with Gasteiger partial charge in [-0.2, -0.15) is 16.3 Å². The standard InChI is InChI=1S/C36H51N7O3S.ClHO4/c1-41(2)27-16-14-25-21-26-15-17-28(42(3)4)23-31(26)43(30(25)22-27)20-10-13-34(45)38-19-9-5-8-18-37-33(44)12-7-6-11-32-35-29(24-47-32)39-36(46)40-35;2-1(3,4)5/h14-17,21-23,29,32,35H,5-13,18-20,24H2,1-4H3,(H3-,37,38,39,40,44,45,46);(H,2,3,4,5). The minimum absolute atomic E-state index is 0.0501. The number of nitrogens with zero attached hydrogens (tertiary/aromatic N) is 3. The lowest BCUT2D eigenvalue weighted by molar-refractivity contribution is -2.00. The Balaban J connectivity index is 0.00000113. The van der Waals surface area contributed by atoms with Crippen LogP contribution in [-0.2, 0) is 16.1 Å². The quantitative estimate of drug-likeness (QED) is 0.0605. The van der Waals surface area contributed by atoms with E-state index in [0.29, 0.717) is 31.2 Å². The largest absolute Gasteiger partial charge is 0.377 e. The topological polar surface area (TPSA) is 202 Å². The molecular weight excluding hydrogens is 710 g/mol. The Morgan fingerprint density at radius 3 is 1.87 bits per heavy atom. The molecule has 0 aliphatic carbocycles. The Morgan fingerprint density at radius 2 is 1.33 bits per heavy atom. The maximum atomic E-state index is 12.7. The lowest BCUT2D eigenvalue weighted by Crippen LogP contribution is -2.68. The number of fused-ring (bicyclic) bond motifs is 3. The van der Waals surface area contributed by atoms with Gasteiger partial charge in [0.25, 0.3) is 0 Å². The fourth-order valence-electron chi connectivity index (χ4n) is 6.60. The zero-order chi connectivity index (χ0) is 37.8. The molecule has 4 N–H and O–H groups in total. The van der Waals surface area contributed by atoms with Crippen molar-refractivity contribution in [3.8, 4) is 0 Å². The molecule has 0 bridgehead atoms. The van der Waals surface area contributed by atoms with Crippen LogP contribution in [0, 0.1) is 10.2 Å². The van der Waals surface area contributed by atoms with Crippen LogP contribution in [-0.4, -0.2) is 82.2 Å². The Labute approximate surface area is 312 Å². The molecule has 16 heteroatoms. The van der Waals surface area contributed by atoms with E-state index >= 15 is 0 Å². The summed E-state index contributed by atoms with van der Waals surface area (Å²) in [5, 5.41) is 15.0. The van der Waals surface area contributed by atoms with E-state index in [0.717, 1.165) is 68.6 Å². The van der Waals surface area contributed by atoms with Crippen molar-refractivity contribution in [3.05, 3.63) is 42.5 Å². The van der Waals surface area contributed by atoms with E-state index in [1.54, 1.807) is 0 Å². The van der Waals surface area contributed by atoms with E-state index in [-0.39, 0.29) is 29.9 Å². The summed E-state index contributed by atoms with van der Waals surface area (Å²) in [6.07, 6.45) is 7.45. The van der Waals surface area contributed by atoms with Gasteiger partial charge in [-0.25, -0.2) is 23.4 Å². The van der Waals surface area contributed by atoms with Crippen LogP contribution < -0.4 is 54.3 Å². The average Bonchev–Trinajstić information content (AvgIpc) is 3.63. The molecular formula is C36H52ClN7O7S. The molecule has 52 heavy (non-hydrogen) atoms. The summed E-state index contributed by atoms with van der Waals surface area (Å²) in [4.78, 5) is 40.7. The van der Waals surface area contributed by atoms with Crippen molar-refractivity contribution < 1.29 is 47.8 Å². The summed E-state index contributed by atoms with van der Waals surface area (Å²) < 4.78 is 36.3. The zero-order valence-corrected chi connectivity index (χ0v) is 32.0. The molecule has 2 saturated heterocycles. The summed E-state index contributed by atoms with van der Waals surface area (Å²) in [5.74, 6) is 1.17. The van der Waals surface area contributed by atoms with Gasteiger partial charge in [0, 0.05) is 106 Å². The van der Waals surface area contributed by atoms with Gasteiger partial charge in [0.05, 0.1) is 12.1 Å². The number of hydrogen-bond donors (Lipinski definition) is 4. The summed E-state index contributed by atoms with van der Waals surface area (Å²) >= 11 is 1.92. The van der Waals surface area contributed by atoms with Crippen LogP contribution in [0.5, 0.6) is 0 Å². The number of anilines is 2. The van der Waals surface area contributed by atoms with Crippen molar-refractivity contribution in [2.45, 2.75) is 81.7 Å². The molecule has 2 aromatic carbocycles. The predicted molar refractivity (Wildman–Crippen MR) is 193 cm³/mol. The Morgan fingerprint density at radius 1 is 0.788 bits per heavy atom. The van der Waals surface area contributed by atoms with Gasteiger partial charge in [0.2, 0.25) is 22.8 Å². The highest BCUT2D eigenvalue weighted by molar-refractivity contribution is 8.00. The molecule has 3 aromatic rings. The van der Waals surface area contributed by atoms with Crippen LogP contribution in [0.1, 0.15) is 57.8 Å². The van der Waals surface area contributed by atoms with Crippen LogP contribution >= 0.6 is 11.8 Å². The first-order chi connectivity index (χ1) is 24.7. The number of pyridine rings is 1. The number of rotatable bonds is 17. The van der Waals surface area contributed by atoms with Crippen molar-refractivity contribution >= 4 is 62.8 Å². The number of aromatic nitrogens is 1. The Hall–Kier alpha value is -3.60. The van der Waals surface area contributed by atoms with E-state index in [4.69, 9.17) is 18.6 Å². The number of unbranched alkanes of at least 4 members (excludes halogenated alkanes) is 3. The highest BCUT2D eigenvalue weighted by Gasteiger charge is 2.42. The molecule has 0 radical (unpaired) electrons. The smallest absolute Gasteiger partial charge is 0.315 e. The molecule has 5 rings (SSSR count). The first kappa shape index (κ1) is 41.2. The second kappa shape index (κ2) is 19.5. The Bertz CT molecular complexity index is 1600. The minimum Gasteiger partial charge on any atom is -0.377 e. The van der Waals surface area contributed by atoms with Gasteiger partial charge in [-0.1, -0.05) is 6.42 Å². The number of carbonyl (C=O) groups excluding carboxylic acids is 3. The number of urea groups is 1. The third-order valence-corrected chi connectivity index (χ3v) is 10.8. The molecule has 3 heterocycles. The van der Waals surface area contributed by atoms with Crippen LogP contribution in [0.4, 0.5) is 16.2 Å². The molecule has 286 valence electrons. The molecule has 0 spiro atoms. The van der Waals surface area contributed by atoms with Crippen molar-refractivity contribution in [2.75, 3.05) is 56.8 Å². The van der Waals surface area contributed by atoms with E-state index in [1.165, 1.54) is 21.8 Å². The van der Waals surface area contributed by atoms with Crippen molar-refractivity contribution in [1.29, 1.82) is 0 Å². The third kappa shape index (κ3) is 12.8. The Kier molecular flexibility index (Phi) is 15.4. The highest BCUT2D eigenvalue weighted by Crippen LogP contribution is 2.33. The summed E-state index contributed by atoms with van der Waals surface area (Å²) in [5.41, 5.74) is 4.65. The van der Waals surface area contributed by atoms with Crippen LogP contribution in [0.15, 0.2) is 42.5 Å².